The second kappa shape index (κ2) is 10.2. The molecule has 0 saturated carbocycles. The van der Waals surface area contributed by atoms with Gasteiger partial charge in [-0.05, 0) is 102 Å². The number of hydrogen-bond donors (Lipinski definition) is 0. The van der Waals surface area contributed by atoms with Crippen LogP contribution in [0.5, 0.6) is 0 Å². The molecule has 1 heteroatoms. The summed E-state index contributed by atoms with van der Waals surface area (Å²) in [5.41, 5.74) is 11.3. The number of anilines is 3. The van der Waals surface area contributed by atoms with Crippen LogP contribution in [-0.4, -0.2) is 0 Å². The number of para-hydroxylation sites is 1. The molecule has 0 unspecified atom stereocenters. The number of hydrogen-bond acceptors (Lipinski definition) is 1. The van der Waals surface area contributed by atoms with Crippen molar-refractivity contribution in [2.45, 2.75) is 19.3 Å². The van der Waals surface area contributed by atoms with Crippen LogP contribution < -0.4 is 4.90 Å². The normalized spacial score (nSPS) is 13.2. The SMILES string of the molecule is CC1(C)c2ccccc2-c2ccc3ccc4ccc5cc(N(c6ccccc6)c6ccc(-c7ccccc7)cc6)ccc5c4c3c21. The van der Waals surface area contributed by atoms with Gasteiger partial charge in [0.2, 0.25) is 0 Å². The van der Waals surface area contributed by atoms with Crippen LogP contribution in [0.1, 0.15) is 25.0 Å². The van der Waals surface area contributed by atoms with Gasteiger partial charge in [-0.2, -0.15) is 0 Å². The highest BCUT2D eigenvalue weighted by Gasteiger charge is 2.37. The van der Waals surface area contributed by atoms with Crippen LogP contribution >= 0.6 is 0 Å². The van der Waals surface area contributed by atoms with Crippen molar-refractivity contribution in [3.05, 3.63) is 175 Å². The summed E-state index contributed by atoms with van der Waals surface area (Å²) >= 11 is 0. The average molecular weight is 588 g/mol. The van der Waals surface area contributed by atoms with Gasteiger partial charge in [-0.3, -0.25) is 0 Å². The van der Waals surface area contributed by atoms with E-state index in [2.05, 4.69) is 183 Å². The molecule has 1 aliphatic rings. The minimum absolute atomic E-state index is 0.0855. The van der Waals surface area contributed by atoms with Crippen molar-refractivity contribution in [2.75, 3.05) is 4.90 Å². The van der Waals surface area contributed by atoms with Gasteiger partial charge in [0, 0.05) is 22.5 Å². The Morgan fingerprint density at radius 1 is 0.413 bits per heavy atom. The fourth-order valence-electron chi connectivity index (χ4n) is 7.83. The van der Waals surface area contributed by atoms with Gasteiger partial charge in [0.25, 0.3) is 0 Å². The van der Waals surface area contributed by atoms with Crippen molar-refractivity contribution in [2.24, 2.45) is 0 Å². The average Bonchev–Trinajstić information content (AvgIpc) is 3.35. The van der Waals surface area contributed by atoms with Gasteiger partial charge in [0.05, 0.1) is 0 Å². The summed E-state index contributed by atoms with van der Waals surface area (Å²) < 4.78 is 0. The van der Waals surface area contributed by atoms with Crippen molar-refractivity contribution in [1.82, 2.24) is 0 Å². The van der Waals surface area contributed by atoms with Crippen LogP contribution in [0, 0.1) is 0 Å². The molecule has 8 aromatic carbocycles. The molecule has 0 aromatic heterocycles. The van der Waals surface area contributed by atoms with E-state index >= 15 is 0 Å². The maximum absolute atomic E-state index is 2.39. The van der Waals surface area contributed by atoms with E-state index in [1.807, 2.05) is 0 Å². The van der Waals surface area contributed by atoms with Crippen molar-refractivity contribution >= 4 is 49.4 Å². The van der Waals surface area contributed by atoms with Crippen LogP contribution in [0.3, 0.4) is 0 Å². The molecule has 0 radical (unpaired) electrons. The van der Waals surface area contributed by atoms with E-state index in [1.54, 1.807) is 0 Å². The topological polar surface area (TPSA) is 3.24 Å². The summed E-state index contributed by atoms with van der Waals surface area (Å²) in [6.07, 6.45) is 0. The summed E-state index contributed by atoms with van der Waals surface area (Å²) in [6, 6.07) is 59.9. The van der Waals surface area contributed by atoms with E-state index in [0.29, 0.717) is 0 Å². The van der Waals surface area contributed by atoms with Gasteiger partial charge in [-0.25, -0.2) is 0 Å². The second-order valence-corrected chi connectivity index (χ2v) is 13.0. The van der Waals surface area contributed by atoms with Gasteiger partial charge < -0.3 is 4.90 Å². The van der Waals surface area contributed by atoms with Gasteiger partial charge >= 0.3 is 0 Å². The van der Waals surface area contributed by atoms with Crippen LogP contribution in [0.2, 0.25) is 0 Å². The molecule has 0 spiro atoms. The third kappa shape index (κ3) is 4.02. The Bertz CT molecular complexity index is 2420. The first-order chi connectivity index (χ1) is 22.6. The third-order valence-electron chi connectivity index (χ3n) is 9.99. The van der Waals surface area contributed by atoms with Gasteiger partial charge in [-0.1, -0.05) is 141 Å². The molecule has 0 heterocycles. The highest BCUT2D eigenvalue weighted by molar-refractivity contribution is 6.23. The lowest BCUT2D eigenvalue weighted by Crippen LogP contribution is -2.15. The summed E-state index contributed by atoms with van der Waals surface area (Å²) in [7, 11) is 0. The molecule has 0 saturated heterocycles. The zero-order chi connectivity index (χ0) is 30.8. The minimum atomic E-state index is -0.0855. The molecule has 0 fully saturated rings. The lowest BCUT2D eigenvalue weighted by Gasteiger charge is -2.26. The molecule has 1 nitrogen and oxygen atoms in total. The molecular weight excluding hydrogens is 555 g/mol. The van der Waals surface area contributed by atoms with Gasteiger partial charge in [0.1, 0.15) is 0 Å². The van der Waals surface area contributed by atoms with Crippen LogP contribution in [0.15, 0.2) is 164 Å². The summed E-state index contributed by atoms with van der Waals surface area (Å²) in [6.45, 7) is 4.78. The number of nitrogens with zero attached hydrogens (tertiary/aromatic N) is 1. The Balaban J connectivity index is 1.25. The molecule has 218 valence electrons. The summed E-state index contributed by atoms with van der Waals surface area (Å²) in [4.78, 5) is 2.36. The molecule has 1 aliphatic carbocycles. The van der Waals surface area contributed by atoms with Crippen LogP contribution in [0.4, 0.5) is 17.1 Å². The highest BCUT2D eigenvalue weighted by atomic mass is 15.1. The van der Waals surface area contributed by atoms with E-state index in [0.717, 1.165) is 17.1 Å². The van der Waals surface area contributed by atoms with Crippen molar-refractivity contribution in [3.8, 4) is 22.3 Å². The fraction of sp³-hybridized carbons (Fsp3) is 0.0667. The largest absolute Gasteiger partial charge is 0.310 e. The molecule has 46 heavy (non-hydrogen) atoms. The number of rotatable bonds is 4. The molecule has 0 aliphatic heterocycles. The molecule has 8 aromatic rings. The van der Waals surface area contributed by atoms with E-state index < -0.39 is 0 Å². The lowest BCUT2D eigenvalue weighted by molar-refractivity contribution is 0.666. The Morgan fingerprint density at radius 2 is 0.978 bits per heavy atom. The predicted molar refractivity (Wildman–Crippen MR) is 197 cm³/mol. The van der Waals surface area contributed by atoms with Crippen LogP contribution in [0.25, 0.3) is 54.6 Å². The first-order valence-corrected chi connectivity index (χ1v) is 16.1. The first kappa shape index (κ1) is 26.7. The van der Waals surface area contributed by atoms with E-state index in [1.165, 1.54) is 65.7 Å². The monoisotopic (exact) mass is 587 g/mol. The lowest BCUT2D eigenvalue weighted by atomic mass is 9.79. The first-order valence-electron chi connectivity index (χ1n) is 16.1. The maximum atomic E-state index is 2.39. The van der Waals surface area contributed by atoms with E-state index in [9.17, 15) is 0 Å². The fourth-order valence-corrected chi connectivity index (χ4v) is 7.83. The van der Waals surface area contributed by atoms with Gasteiger partial charge in [-0.15, -0.1) is 0 Å². The zero-order valence-electron chi connectivity index (χ0n) is 26.0. The molecule has 0 amide bonds. The molecule has 0 atom stereocenters. The quantitative estimate of drug-likeness (QED) is 0.185. The summed E-state index contributed by atoms with van der Waals surface area (Å²) in [5.74, 6) is 0. The third-order valence-corrected chi connectivity index (χ3v) is 9.99. The maximum Gasteiger partial charge on any atom is 0.0468 e. The molecule has 0 N–H and O–H groups in total. The van der Waals surface area contributed by atoms with Crippen LogP contribution in [-0.2, 0) is 5.41 Å². The van der Waals surface area contributed by atoms with E-state index in [4.69, 9.17) is 0 Å². The number of fused-ring (bicyclic) bond motifs is 9. The number of benzene rings is 8. The minimum Gasteiger partial charge on any atom is -0.310 e. The second-order valence-electron chi connectivity index (χ2n) is 13.0. The molecule has 9 rings (SSSR count). The Hall–Kier alpha value is -5.66. The van der Waals surface area contributed by atoms with Crippen molar-refractivity contribution < 1.29 is 0 Å². The molecular formula is C45H33N. The summed E-state index contributed by atoms with van der Waals surface area (Å²) in [5, 5.41) is 7.84. The van der Waals surface area contributed by atoms with Crippen molar-refractivity contribution in [3.63, 3.8) is 0 Å². The smallest absolute Gasteiger partial charge is 0.0468 e. The highest BCUT2D eigenvalue weighted by Crippen LogP contribution is 2.53. The van der Waals surface area contributed by atoms with Gasteiger partial charge in [0.15, 0.2) is 0 Å². The standard InChI is InChI=1S/C45H33N/c1-45(2)41-16-10-9-15-39(41)40-27-23-33-18-17-32-19-20-34-29-37(26-28-38(34)42(32)43(33)44(40)45)46(35-13-7-4-8-14-35)36-24-21-31(22-25-36)30-11-5-3-6-12-30/h3-29H,1-2H3. The zero-order valence-corrected chi connectivity index (χ0v) is 26.0. The Labute approximate surface area is 270 Å². The predicted octanol–water partition coefficient (Wildman–Crippen LogP) is 12.6. The molecule has 0 bridgehead atoms. The van der Waals surface area contributed by atoms with E-state index in [-0.39, 0.29) is 5.41 Å². The Morgan fingerprint density at radius 3 is 1.74 bits per heavy atom. The Kier molecular flexibility index (Phi) is 5.92. The van der Waals surface area contributed by atoms with Crippen molar-refractivity contribution in [1.29, 1.82) is 0 Å².